The number of aromatic nitrogens is 1. The zero-order chi connectivity index (χ0) is 13.9. The zero-order valence-corrected chi connectivity index (χ0v) is 12.6. The lowest BCUT2D eigenvalue weighted by molar-refractivity contribution is 0.319. The lowest BCUT2D eigenvalue weighted by Crippen LogP contribution is -2.44. The zero-order valence-electron chi connectivity index (χ0n) is 11.8. The molecule has 0 radical (unpaired) electrons. The summed E-state index contributed by atoms with van der Waals surface area (Å²) in [6.45, 7) is 2.05. The third-order valence-corrected chi connectivity index (χ3v) is 5.09. The van der Waals surface area contributed by atoms with Crippen LogP contribution in [0, 0.1) is 12.8 Å². The summed E-state index contributed by atoms with van der Waals surface area (Å²) in [7, 11) is 0. The van der Waals surface area contributed by atoms with Crippen LogP contribution in [0.2, 0.25) is 0 Å². The molecule has 1 aromatic heterocycles. The molecule has 0 fully saturated rings. The lowest BCUT2D eigenvalue weighted by Gasteiger charge is -2.31. The van der Waals surface area contributed by atoms with E-state index in [1.807, 2.05) is 0 Å². The maximum atomic E-state index is 5.80. The number of rotatable bonds is 4. The quantitative estimate of drug-likeness (QED) is 0.671. The van der Waals surface area contributed by atoms with E-state index in [4.69, 9.17) is 5.84 Å². The van der Waals surface area contributed by atoms with Gasteiger partial charge in [-0.3, -0.25) is 11.3 Å². The molecule has 3 N–H and O–H groups in total. The number of hydrogen-bond donors (Lipinski definition) is 2. The first kappa shape index (κ1) is 13.7. The molecule has 3 rings (SSSR count). The van der Waals surface area contributed by atoms with Gasteiger partial charge in [-0.1, -0.05) is 24.3 Å². The number of fused-ring (bicyclic) bond motifs is 1. The van der Waals surface area contributed by atoms with Crippen LogP contribution in [0.3, 0.4) is 0 Å². The van der Waals surface area contributed by atoms with Crippen molar-refractivity contribution in [3.8, 4) is 0 Å². The van der Waals surface area contributed by atoms with Crippen molar-refractivity contribution in [2.75, 3.05) is 0 Å². The topological polar surface area (TPSA) is 50.9 Å². The van der Waals surface area contributed by atoms with Gasteiger partial charge in [0.25, 0.3) is 0 Å². The van der Waals surface area contributed by atoms with Crippen LogP contribution in [-0.2, 0) is 19.3 Å². The highest BCUT2D eigenvalue weighted by Crippen LogP contribution is 2.28. The van der Waals surface area contributed by atoms with Crippen LogP contribution in [0.15, 0.2) is 29.6 Å². The maximum Gasteiger partial charge on any atom is 0.0897 e. The van der Waals surface area contributed by atoms with Gasteiger partial charge >= 0.3 is 0 Å². The van der Waals surface area contributed by atoms with Crippen LogP contribution in [0.4, 0.5) is 0 Å². The summed E-state index contributed by atoms with van der Waals surface area (Å²) in [6.07, 6.45) is 4.41. The molecule has 2 unspecified atom stereocenters. The number of nitrogens with two attached hydrogens (primary N) is 1. The molecule has 0 saturated carbocycles. The normalized spacial score (nSPS) is 19.6. The van der Waals surface area contributed by atoms with Gasteiger partial charge in [-0.25, -0.2) is 4.98 Å². The van der Waals surface area contributed by atoms with Crippen molar-refractivity contribution in [1.82, 2.24) is 10.4 Å². The third-order valence-electron chi connectivity index (χ3n) is 4.26. The Morgan fingerprint density at radius 2 is 2.20 bits per heavy atom. The fourth-order valence-corrected chi connectivity index (χ4v) is 3.78. The van der Waals surface area contributed by atoms with E-state index >= 15 is 0 Å². The summed E-state index contributed by atoms with van der Waals surface area (Å²) in [5.41, 5.74) is 7.17. The lowest BCUT2D eigenvalue weighted by atomic mass is 9.79. The minimum atomic E-state index is 0.310. The fraction of sp³-hybridized carbons (Fsp3) is 0.438. The van der Waals surface area contributed by atoms with E-state index < -0.39 is 0 Å². The smallest absolute Gasteiger partial charge is 0.0897 e. The third kappa shape index (κ3) is 2.92. The number of nitrogens with zero attached hydrogens (tertiary/aromatic N) is 1. The van der Waals surface area contributed by atoms with Crippen molar-refractivity contribution < 1.29 is 0 Å². The molecule has 1 heterocycles. The molecule has 2 atom stereocenters. The first-order chi connectivity index (χ1) is 9.76. The van der Waals surface area contributed by atoms with E-state index in [-0.39, 0.29) is 0 Å². The standard InChI is InChI=1S/C16H21N3S/c1-11-18-15(10-20-11)9-16(19-17)14-7-6-12-4-2-3-5-13(12)8-14/h2-5,10,14,16,19H,6-9,17H2,1H3. The van der Waals surface area contributed by atoms with E-state index in [2.05, 4.69) is 47.0 Å². The Kier molecular flexibility index (Phi) is 4.15. The Bertz CT molecular complexity index is 579. The van der Waals surface area contributed by atoms with Crippen molar-refractivity contribution in [3.63, 3.8) is 0 Å². The number of benzene rings is 1. The van der Waals surface area contributed by atoms with Crippen LogP contribution in [0.1, 0.15) is 28.2 Å². The van der Waals surface area contributed by atoms with Gasteiger partial charge in [0.15, 0.2) is 0 Å². The SMILES string of the molecule is Cc1nc(CC(NN)C2CCc3ccccc3C2)cs1. The van der Waals surface area contributed by atoms with Crippen molar-refractivity contribution in [2.24, 2.45) is 11.8 Å². The summed E-state index contributed by atoms with van der Waals surface area (Å²) >= 11 is 1.71. The van der Waals surface area contributed by atoms with E-state index in [0.717, 1.165) is 30.0 Å². The molecule has 0 amide bonds. The van der Waals surface area contributed by atoms with E-state index in [0.29, 0.717) is 12.0 Å². The van der Waals surface area contributed by atoms with Crippen molar-refractivity contribution >= 4 is 11.3 Å². The summed E-state index contributed by atoms with van der Waals surface area (Å²) in [5, 5.41) is 3.28. The summed E-state index contributed by atoms with van der Waals surface area (Å²) in [4.78, 5) is 4.56. The molecule has 0 bridgehead atoms. The van der Waals surface area contributed by atoms with Crippen molar-refractivity contribution in [3.05, 3.63) is 51.5 Å². The number of hydrazine groups is 1. The Morgan fingerprint density at radius 1 is 1.40 bits per heavy atom. The number of thiazole rings is 1. The number of nitrogens with one attached hydrogen (secondary N) is 1. The molecule has 106 valence electrons. The molecular formula is C16H21N3S. The molecule has 0 spiro atoms. The molecule has 0 saturated heterocycles. The molecule has 1 aliphatic carbocycles. The second-order valence-corrected chi connectivity index (χ2v) is 6.67. The Hall–Kier alpha value is -1.23. The maximum absolute atomic E-state index is 5.80. The largest absolute Gasteiger partial charge is 0.271 e. The van der Waals surface area contributed by atoms with Crippen LogP contribution in [-0.4, -0.2) is 11.0 Å². The van der Waals surface area contributed by atoms with Gasteiger partial charge in [0.2, 0.25) is 0 Å². The molecule has 0 aliphatic heterocycles. The second-order valence-electron chi connectivity index (χ2n) is 5.61. The minimum absolute atomic E-state index is 0.310. The van der Waals surface area contributed by atoms with Gasteiger partial charge in [0.1, 0.15) is 0 Å². The van der Waals surface area contributed by atoms with Crippen LogP contribution in [0.25, 0.3) is 0 Å². The molecule has 20 heavy (non-hydrogen) atoms. The van der Waals surface area contributed by atoms with Crippen molar-refractivity contribution in [1.29, 1.82) is 0 Å². The number of aryl methyl sites for hydroxylation is 2. The highest BCUT2D eigenvalue weighted by atomic mass is 32.1. The second kappa shape index (κ2) is 6.04. The highest BCUT2D eigenvalue weighted by molar-refractivity contribution is 7.09. The molecule has 4 heteroatoms. The fourth-order valence-electron chi connectivity index (χ4n) is 3.16. The summed E-state index contributed by atoms with van der Waals surface area (Å²) in [5.74, 6) is 6.40. The van der Waals surface area contributed by atoms with E-state index in [9.17, 15) is 0 Å². The minimum Gasteiger partial charge on any atom is -0.271 e. The van der Waals surface area contributed by atoms with Gasteiger partial charge in [0, 0.05) is 17.8 Å². The van der Waals surface area contributed by atoms with E-state index in [1.54, 1.807) is 11.3 Å². The average molecular weight is 287 g/mol. The Balaban J connectivity index is 1.71. The predicted molar refractivity (Wildman–Crippen MR) is 83.6 cm³/mol. The van der Waals surface area contributed by atoms with E-state index in [1.165, 1.54) is 17.5 Å². The molecule has 1 aliphatic rings. The molecule has 2 aromatic rings. The van der Waals surface area contributed by atoms with Gasteiger partial charge in [-0.15, -0.1) is 11.3 Å². The molecular weight excluding hydrogens is 266 g/mol. The Morgan fingerprint density at radius 3 is 2.90 bits per heavy atom. The van der Waals surface area contributed by atoms with Gasteiger partial charge in [-0.05, 0) is 43.2 Å². The van der Waals surface area contributed by atoms with Gasteiger partial charge < -0.3 is 0 Å². The average Bonchev–Trinajstić information content (AvgIpc) is 2.89. The summed E-state index contributed by atoms with van der Waals surface area (Å²) in [6, 6.07) is 9.08. The Labute approximate surface area is 124 Å². The monoisotopic (exact) mass is 287 g/mol. The number of hydrogen-bond acceptors (Lipinski definition) is 4. The van der Waals surface area contributed by atoms with Gasteiger partial charge in [0.05, 0.1) is 10.7 Å². The van der Waals surface area contributed by atoms with Gasteiger partial charge in [-0.2, -0.15) is 0 Å². The van der Waals surface area contributed by atoms with Crippen LogP contribution < -0.4 is 11.3 Å². The van der Waals surface area contributed by atoms with Crippen LogP contribution >= 0.6 is 11.3 Å². The van der Waals surface area contributed by atoms with Crippen molar-refractivity contribution in [2.45, 2.75) is 38.6 Å². The highest BCUT2D eigenvalue weighted by Gasteiger charge is 2.26. The first-order valence-corrected chi connectivity index (χ1v) is 8.08. The van der Waals surface area contributed by atoms with Crippen LogP contribution in [0.5, 0.6) is 0 Å². The molecule has 1 aromatic carbocycles. The predicted octanol–water partition coefficient (Wildman–Crippen LogP) is 2.63. The first-order valence-electron chi connectivity index (χ1n) is 7.20. The summed E-state index contributed by atoms with van der Waals surface area (Å²) < 4.78 is 0. The molecule has 3 nitrogen and oxygen atoms in total.